The third-order valence-electron chi connectivity index (χ3n) is 2.12. The SMILES string of the molecule is CC(C)OCCNC(=O)c1ccc(C#CCCO)s1. The van der Waals surface area contributed by atoms with Gasteiger partial charge in [0, 0.05) is 13.0 Å². The molecule has 0 aromatic carbocycles. The molecule has 0 aliphatic rings. The Balaban J connectivity index is 2.39. The molecule has 1 amide bonds. The summed E-state index contributed by atoms with van der Waals surface area (Å²) >= 11 is 1.35. The highest BCUT2D eigenvalue weighted by molar-refractivity contribution is 7.14. The molecule has 0 bridgehead atoms. The molecule has 0 aliphatic heterocycles. The summed E-state index contributed by atoms with van der Waals surface area (Å²) < 4.78 is 5.34. The molecule has 0 unspecified atom stereocenters. The van der Waals surface area contributed by atoms with E-state index in [9.17, 15) is 4.79 Å². The maximum absolute atomic E-state index is 11.8. The number of hydrogen-bond donors (Lipinski definition) is 2. The zero-order valence-electron chi connectivity index (χ0n) is 11.2. The minimum absolute atomic E-state index is 0.0571. The summed E-state index contributed by atoms with van der Waals surface area (Å²) in [5, 5.41) is 11.4. The molecule has 1 heterocycles. The van der Waals surface area contributed by atoms with E-state index >= 15 is 0 Å². The molecule has 0 spiro atoms. The van der Waals surface area contributed by atoms with Gasteiger partial charge in [0.1, 0.15) is 0 Å². The molecule has 1 aromatic rings. The largest absolute Gasteiger partial charge is 0.395 e. The lowest BCUT2D eigenvalue weighted by molar-refractivity contribution is 0.0748. The molecule has 2 N–H and O–H groups in total. The van der Waals surface area contributed by atoms with Crippen LogP contribution in [0, 0.1) is 11.8 Å². The van der Waals surface area contributed by atoms with Crippen molar-refractivity contribution in [2.24, 2.45) is 0 Å². The van der Waals surface area contributed by atoms with Gasteiger partial charge in [0.05, 0.1) is 29.1 Å². The van der Waals surface area contributed by atoms with Gasteiger partial charge in [-0.3, -0.25) is 4.79 Å². The summed E-state index contributed by atoms with van der Waals surface area (Å²) in [6.07, 6.45) is 0.624. The van der Waals surface area contributed by atoms with Gasteiger partial charge in [-0.2, -0.15) is 0 Å². The van der Waals surface area contributed by atoms with Crippen LogP contribution in [0.4, 0.5) is 0 Å². The van der Waals surface area contributed by atoms with Crippen molar-refractivity contribution in [1.82, 2.24) is 5.32 Å². The van der Waals surface area contributed by atoms with Crippen LogP contribution in [0.1, 0.15) is 34.8 Å². The first-order valence-corrected chi connectivity index (χ1v) is 7.04. The highest BCUT2D eigenvalue weighted by Crippen LogP contribution is 2.15. The summed E-state index contributed by atoms with van der Waals surface area (Å²) in [6, 6.07) is 3.57. The lowest BCUT2D eigenvalue weighted by Crippen LogP contribution is -2.27. The van der Waals surface area contributed by atoms with Crippen LogP contribution in [0.3, 0.4) is 0 Å². The number of amides is 1. The highest BCUT2D eigenvalue weighted by Gasteiger charge is 2.07. The quantitative estimate of drug-likeness (QED) is 0.615. The maximum Gasteiger partial charge on any atom is 0.261 e. The highest BCUT2D eigenvalue weighted by atomic mass is 32.1. The van der Waals surface area contributed by atoms with Gasteiger partial charge in [0.2, 0.25) is 0 Å². The standard InChI is InChI=1S/C14H19NO3S/c1-11(2)18-10-8-15-14(17)13-7-6-12(19-13)5-3-4-9-16/h6-7,11,16H,4,8-10H2,1-2H3,(H,15,17). The van der Waals surface area contributed by atoms with Crippen LogP contribution in [0.2, 0.25) is 0 Å². The van der Waals surface area contributed by atoms with Gasteiger partial charge >= 0.3 is 0 Å². The van der Waals surface area contributed by atoms with Gasteiger partial charge in [0.25, 0.3) is 5.91 Å². The predicted octanol–water partition coefficient (Wildman–Crippen LogP) is 1.64. The van der Waals surface area contributed by atoms with Gasteiger partial charge in [0.15, 0.2) is 0 Å². The maximum atomic E-state index is 11.8. The van der Waals surface area contributed by atoms with E-state index in [1.165, 1.54) is 11.3 Å². The Morgan fingerprint density at radius 1 is 1.53 bits per heavy atom. The van der Waals surface area contributed by atoms with Crippen molar-refractivity contribution < 1.29 is 14.6 Å². The molecule has 0 saturated heterocycles. The first-order chi connectivity index (χ1) is 9.13. The van der Waals surface area contributed by atoms with E-state index < -0.39 is 0 Å². The topological polar surface area (TPSA) is 58.6 Å². The first kappa shape index (κ1) is 15.7. The number of carbonyl (C=O) groups excluding carboxylic acids is 1. The smallest absolute Gasteiger partial charge is 0.261 e. The molecule has 1 rings (SSSR count). The lowest BCUT2D eigenvalue weighted by Gasteiger charge is -2.07. The average Bonchev–Trinajstić information content (AvgIpc) is 2.83. The Bertz CT molecular complexity index is 457. The minimum atomic E-state index is -0.104. The monoisotopic (exact) mass is 281 g/mol. The van der Waals surface area contributed by atoms with Crippen molar-refractivity contribution in [3.63, 3.8) is 0 Å². The zero-order valence-corrected chi connectivity index (χ0v) is 12.0. The van der Waals surface area contributed by atoms with E-state index in [0.717, 1.165) is 4.88 Å². The van der Waals surface area contributed by atoms with Crippen LogP contribution in [-0.2, 0) is 4.74 Å². The minimum Gasteiger partial charge on any atom is -0.395 e. The van der Waals surface area contributed by atoms with Gasteiger partial charge in [-0.25, -0.2) is 0 Å². The predicted molar refractivity (Wildman–Crippen MR) is 76.3 cm³/mol. The summed E-state index contributed by atoms with van der Waals surface area (Å²) in [5.41, 5.74) is 0. The summed E-state index contributed by atoms with van der Waals surface area (Å²) in [6.45, 7) is 4.98. The van der Waals surface area contributed by atoms with E-state index in [-0.39, 0.29) is 18.6 Å². The van der Waals surface area contributed by atoms with Crippen molar-refractivity contribution in [3.8, 4) is 11.8 Å². The Labute approximate surface area is 117 Å². The lowest BCUT2D eigenvalue weighted by atomic mass is 10.4. The average molecular weight is 281 g/mol. The number of nitrogens with one attached hydrogen (secondary N) is 1. The fourth-order valence-corrected chi connectivity index (χ4v) is 2.08. The van der Waals surface area contributed by atoms with Crippen molar-refractivity contribution >= 4 is 17.2 Å². The van der Waals surface area contributed by atoms with Crippen LogP contribution in [0.5, 0.6) is 0 Å². The summed E-state index contributed by atoms with van der Waals surface area (Å²) in [7, 11) is 0. The third kappa shape index (κ3) is 6.39. The van der Waals surface area contributed by atoms with E-state index in [1.54, 1.807) is 6.07 Å². The Morgan fingerprint density at radius 2 is 2.32 bits per heavy atom. The van der Waals surface area contributed by atoms with Gasteiger partial charge in [-0.15, -0.1) is 11.3 Å². The molecular formula is C14H19NO3S. The Kier molecular flexibility index (Phi) is 7.19. The number of hydrogen-bond acceptors (Lipinski definition) is 4. The second kappa shape index (κ2) is 8.70. The van der Waals surface area contributed by atoms with Crippen LogP contribution < -0.4 is 5.32 Å². The zero-order chi connectivity index (χ0) is 14.1. The summed E-state index contributed by atoms with van der Waals surface area (Å²) in [5.74, 6) is 5.63. The summed E-state index contributed by atoms with van der Waals surface area (Å²) in [4.78, 5) is 13.3. The van der Waals surface area contributed by atoms with Crippen LogP contribution >= 0.6 is 11.3 Å². The second-order valence-corrected chi connectivity index (χ2v) is 5.20. The van der Waals surface area contributed by atoms with E-state index in [2.05, 4.69) is 17.2 Å². The van der Waals surface area contributed by atoms with Crippen LogP contribution in [0.15, 0.2) is 12.1 Å². The van der Waals surface area contributed by atoms with Crippen LogP contribution in [0.25, 0.3) is 0 Å². The second-order valence-electron chi connectivity index (χ2n) is 4.11. The number of carbonyl (C=O) groups is 1. The molecule has 0 atom stereocenters. The van der Waals surface area contributed by atoms with Crippen LogP contribution in [-0.4, -0.2) is 36.9 Å². The molecule has 0 radical (unpaired) electrons. The molecule has 0 fully saturated rings. The van der Waals surface area contributed by atoms with E-state index in [4.69, 9.17) is 9.84 Å². The van der Waals surface area contributed by atoms with Crippen molar-refractivity contribution in [1.29, 1.82) is 0 Å². The Hall–Kier alpha value is -1.35. The molecule has 0 aliphatic carbocycles. The molecule has 1 aromatic heterocycles. The van der Waals surface area contributed by atoms with Gasteiger partial charge < -0.3 is 15.2 Å². The molecule has 5 heteroatoms. The van der Waals surface area contributed by atoms with E-state index in [1.807, 2.05) is 19.9 Å². The molecule has 0 saturated carbocycles. The van der Waals surface area contributed by atoms with Crippen molar-refractivity contribution in [2.75, 3.05) is 19.8 Å². The fraction of sp³-hybridized carbons (Fsp3) is 0.500. The number of ether oxygens (including phenoxy) is 1. The van der Waals surface area contributed by atoms with Gasteiger partial charge in [-0.05, 0) is 26.0 Å². The normalized spacial score (nSPS) is 10.1. The third-order valence-corrected chi connectivity index (χ3v) is 3.12. The number of aliphatic hydroxyl groups is 1. The Morgan fingerprint density at radius 3 is 3.00 bits per heavy atom. The number of rotatable bonds is 6. The number of thiophene rings is 1. The van der Waals surface area contributed by atoms with Crippen molar-refractivity contribution in [2.45, 2.75) is 26.4 Å². The fourth-order valence-electron chi connectivity index (χ4n) is 1.28. The molecule has 19 heavy (non-hydrogen) atoms. The first-order valence-electron chi connectivity index (χ1n) is 6.23. The number of aliphatic hydroxyl groups excluding tert-OH is 1. The van der Waals surface area contributed by atoms with Gasteiger partial charge in [-0.1, -0.05) is 11.8 Å². The molecule has 4 nitrogen and oxygen atoms in total. The molecule has 104 valence electrons. The molecular weight excluding hydrogens is 262 g/mol. The van der Waals surface area contributed by atoms with E-state index in [0.29, 0.717) is 24.4 Å². The van der Waals surface area contributed by atoms with Crippen molar-refractivity contribution in [3.05, 3.63) is 21.9 Å².